The highest BCUT2D eigenvalue weighted by Gasteiger charge is 2.32. The molecular formula is C15H22N8. The molecule has 1 N–H and O–H groups in total. The third-order valence-corrected chi connectivity index (χ3v) is 4.79. The minimum Gasteiger partial charge on any atom is -0.366 e. The smallest absolute Gasteiger partial charge is 0.168 e. The van der Waals surface area contributed by atoms with Crippen LogP contribution in [0.5, 0.6) is 0 Å². The van der Waals surface area contributed by atoms with Crippen LogP contribution >= 0.6 is 0 Å². The number of hydrogen-bond acceptors (Lipinski definition) is 7. The maximum Gasteiger partial charge on any atom is 0.168 e. The number of hydrogen-bond donors (Lipinski definition) is 1. The molecule has 1 saturated carbocycles. The molecule has 8 heteroatoms. The van der Waals surface area contributed by atoms with Gasteiger partial charge in [0.05, 0.1) is 12.1 Å². The van der Waals surface area contributed by atoms with Gasteiger partial charge in [0, 0.05) is 25.3 Å². The molecule has 2 fully saturated rings. The zero-order chi connectivity index (χ0) is 15.6. The van der Waals surface area contributed by atoms with E-state index >= 15 is 0 Å². The summed E-state index contributed by atoms with van der Waals surface area (Å²) in [6, 6.07) is 5.12. The van der Waals surface area contributed by atoms with Gasteiger partial charge in [-0.2, -0.15) is 5.10 Å². The molecule has 1 atom stereocenters. The van der Waals surface area contributed by atoms with E-state index in [1.165, 1.54) is 12.8 Å². The number of piperidine rings is 1. The molecule has 2 aromatic heterocycles. The molecule has 3 heterocycles. The molecule has 8 nitrogen and oxygen atoms in total. The Morgan fingerprint density at radius 2 is 2.00 bits per heavy atom. The fourth-order valence-electron chi connectivity index (χ4n) is 3.24. The second-order valence-electron chi connectivity index (χ2n) is 6.45. The molecule has 0 bridgehead atoms. The summed E-state index contributed by atoms with van der Waals surface area (Å²) in [6.45, 7) is 4.29. The summed E-state index contributed by atoms with van der Waals surface area (Å²) in [6.07, 6.45) is 6.28. The van der Waals surface area contributed by atoms with Gasteiger partial charge in [-0.25, -0.2) is 4.68 Å². The van der Waals surface area contributed by atoms with E-state index in [0.29, 0.717) is 12.1 Å². The highest BCUT2D eigenvalue weighted by molar-refractivity contribution is 5.33. The number of aromatic nitrogens is 6. The van der Waals surface area contributed by atoms with Gasteiger partial charge in [0.2, 0.25) is 0 Å². The van der Waals surface area contributed by atoms with Crippen molar-refractivity contribution in [1.82, 2.24) is 35.3 Å². The zero-order valence-electron chi connectivity index (χ0n) is 13.3. The van der Waals surface area contributed by atoms with Crippen molar-refractivity contribution >= 4 is 5.82 Å². The van der Waals surface area contributed by atoms with Crippen LogP contribution in [-0.4, -0.2) is 54.4 Å². The average molecular weight is 314 g/mol. The molecule has 23 heavy (non-hydrogen) atoms. The van der Waals surface area contributed by atoms with Gasteiger partial charge in [-0.1, -0.05) is 0 Å². The summed E-state index contributed by atoms with van der Waals surface area (Å²) in [7, 11) is 0. The Bertz CT molecular complexity index is 630. The summed E-state index contributed by atoms with van der Waals surface area (Å²) in [5, 5.41) is 23.8. The lowest BCUT2D eigenvalue weighted by Crippen LogP contribution is -2.41. The molecule has 122 valence electrons. The molecule has 0 aromatic carbocycles. The molecule has 1 aliphatic carbocycles. The van der Waals surface area contributed by atoms with E-state index < -0.39 is 0 Å². The van der Waals surface area contributed by atoms with Crippen LogP contribution in [-0.2, 0) is 0 Å². The normalized spacial score (nSPS) is 21.3. The maximum absolute atomic E-state index is 4.27. The molecule has 1 saturated heterocycles. The fourth-order valence-corrected chi connectivity index (χ4v) is 3.24. The molecule has 0 radical (unpaired) electrons. The highest BCUT2D eigenvalue weighted by atomic mass is 15.6. The van der Waals surface area contributed by atoms with Crippen molar-refractivity contribution in [2.45, 2.75) is 50.7 Å². The van der Waals surface area contributed by atoms with Crippen LogP contribution < -0.4 is 5.32 Å². The largest absolute Gasteiger partial charge is 0.366 e. The standard InChI is InChI=1S/C15H22N8/c1-11(15-19-20-21-23(15)13-4-5-13)22-9-6-12(7-10-22)17-14-3-2-8-16-18-14/h2-3,8,11-13H,4-7,9-10H2,1H3,(H,17,18)/t11-/m0/s1. The SMILES string of the molecule is C[C@@H](c1nnnn1C1CC1)N1CCC(Nc2cccnn2)CC1. The first-order valence-corrected chi connectivity index (χ1v) is 8.37. The van der Waals surface area contributed by atoms with Gasteiger partial charge in [-0.05, 0) is 55.2 Å². The number of nitrogens with one attached hydrogen (secondary N) is 1. The van der Waals surface area contributed by atoms with Crippen molar-refractivity contribution in [1.29, 1.82) is 0 Å². The van der Waals surface area contributed by atoms with Crippen molar-refractivity contribution in [3.05, 3.63) is 24.2 Å². The predicted molar refractivity (Wildman–Crippen MR) is 84.8 cm³/mol. The van der Waals surface area contributed by atoms with Crippen LogP contribution in [0.15, 0.2) is 18.3 Å². The van der Waals surface area contributed by atoms with Crippen molar-refractivity contribution in [2.24, 2.45) is 0 Å². The van der Waals surface area contributed by atoms with Gasteiger partial charge in [0.15, 0.2) is 5.82 Å². The molecule has 2 aliphatic rings. The summed E-state index contributed by atoms with van der Waals surface area (Å²) >= 11 is 0. The van der Waals surface area contributed by atoms with Crippen molar-refractivity contribution in [2.75, 3.05) is 18.4 Å². The minimum absolute atomic E-state index is 0.267. The first kappa shape index (κ1) is 14.5. The lowest BCUT2D eigenvalue weighted by molar-refractivity contribution is 0.158. The van der Waals surface area contributed by atoms with Gasteiger partial charge in [0.1, 0.15) is 5.82 Å². The maximum atomic E-state index is 4.27. The summed E-state index contributed by atoms with van der Waals surface area (Å²) < 4.78 is 2.02. The van der Waals surface area contributed by atoms with Gasteiger partial charge in [-0.15, -0.1) is 10.2 Å². The van der Waals surface area contributed by atoms with Crippen LogP contribution in [0, 0.1) is 0 Å². The van der Waals surface area contributed by atoms with Crippen LogP contribution in [0.25, 0.3) is 0 Å². The van der Waals surface area contributed by atoms with Crippen LogP contribution in [0.1, 0.15) is 50.5 Å². The van der Waals surface area contributed by atoms with Crippen molar-refractivity contribution in [3.63, 3.8) is 0 Å². The number of anilines is 1. The Hall–Kier alpha value is -2.09. The van der Waals surface area contributed by atoms with Gasteiger partial charge >= 0.3 is 0 Å². The summed E-state index contributed by atoms with van der Waals surface area (Å²) in [4.78, 5) is 2.47. The van der Waals surface area contributed by atoms with Crippen LogP contribution in [0.2, 0.25) is 0 Å². The van der Waals surface area contributed by atoms with E-state index in [4.69, 9.17) is 0 Å². The Kier molecular flexibility index (Phi) is 3.90. The molecule has 4 rings (SSSR count). The highest BCUT2D eigenvalue weighted by Crippen LogP contribution is 2.36. The Morgan fingerprint density at radius 3 is 2.70 bits per heavy atom. The summed E-state index contributed by atoms with van der Waals surface area (Å²) in [5.74, 6) is 1.87. The topological polar surface area (TPSA) is 84.7 Å². The van der Waals surface area contributed by atoms with Gasteiger partial charge < -0.3 is 5.32 Å². The monoisotopic (exact) mass is 314 g/mol. The first-order chi connectivity index (χ1) is 11.3. The fraction of sp³-hybridized carbons (Fsp3) is 0.667. The Labute approximate surface area is 135 Å². The first-order valence-electron chi connectivity index (χ1n) is 8.37. The molecule has 0 unspecified atom stereocenters. The lowest BCUT2D eigenvalue weighted by Gasteiger charge is -2.35. The summed E-state index contributed by atoms with van der Waals surface area (Å²) in [5.41, 5.74) is 0. The number of likely N-dealkylation sites (tertiary alicyclic amines) is 1. The van der Waals surface area contributed by atoms with E-state index in [1.807, 2.05) is 16.8 Å². The quantitative estimate of drug-likeness (QED) is 0.893. The van der Waals surface area contributed by atoms with E-state index in [0.717, 1.165) is 37.6 Å². The van der Waals surface area contributed by atoms with Crippen LogP contribution in [0.4, 0.5) is 5.82 Å². The van der Waals surface area contributed by atoms with Crippen molar-refractivity contribution < 1.29 is 0 Å². The molecule has 0 spiro atoms. The zero-order valence-corrected chi connectivity index (χ0v) is 13.3. The minimum atomic E-state index is 0.267. The molecule has 1 aliphatic heterocycles. The van der Waals surface area contributed by atoms with Crippen molar-refractivity contribution in [3.8, 4) is 0 Å². The van der Waals surface area contributed by atoms with E-state index in [1.54, 1.807) is 6.20 Å². The van der Waals surface area contributed by atoms with E-state index in [9.17, 15) is 0 Å². The number of nitrogens with zero attached hydrogens (tertiary/aromatic N) is 7. The Morgan fingerprint density at radius 1 is 1.17 bits per heavy atom. The van der Waals surface area contributed by atoms with E-state index in [2.05, 4.69) is 42.9 Å². The van der Waals surface area contributed by atoms with Gasteiger partial charge in [-0.3, -0.25) is 4.90 Å². The number of tetrazole rings is 1. The molecule has 0 amide bonds. The third-order valence-electron chi connectivity index (χ3n) is 4.79. The number of rotatable bonds is 5. The lowest BCUT2D eigenvalue weighted by atomic mass is 10.0. The van der Waals surface area contributed by atoms with Crippen LogP contribution in [0.3, 0.4) is 0 Å². The predicted octanol–water partition coefficient (Wildman–Crippen LogP) is 1.44. The van der Waals surface area contributed by atoms with Gasteiger partial charge in [0.25, 0.3) is 0 Å². The molecule has 2 aromatic rings. The van der Waals surface area contributed by atoms with E-state index in [-0.39, 0.29) is 6.04 Å². The third kappa shape index (κ3) is 3.17. The second kappa shape index (κ2) is 6.19. The Balaban J connectivity index is 1.34. The average Bonchev–Trinajstić information content (AvgIpc) is 3.33. The molecular weight excluding hydrogens is 292 g/mol. The second-order valence-corrected chi connectivity index (χ2v) is 6.45.